The third-order valence-electron chi connectivity index (χ3n) is 3.90. The van der Waals surface area contributed by atoms with E-state index in [4.69, 9.17) is 4.74 Å². The van der Waals surface area contributed by atoms with Gasteiger partial charge in [0, 0.05) is 43.3 Å². The molecule has 1 aliphatic rings. The molecule has 1 aromatic carbocycles. The number of benzene rings is 1. The van der Waals surface area contributed by atoms with E-state index in [0.29, 0.717) is 44.0 Å². The van der Waals surface area contributed by atoms with Gasteiger partial charge in [0.2, 0.25) is 5.91 Å². The predicted molar refractivity (Wildman–Crippen MR) is 96.8 cm³/mol. The zero-order valence-corrected chi connectivity index (χ0v) is 15.0. The lowest BCUT2D eigenvalue weighted by molar-refractivity contribution is -0.117. The second-order valence-corrected chi connectivity index (χ2v) is 5.53. The number of carbonyl (C=O) groups excluding carboxylic acids is 2. The third kappa shape index (κ3) is 5.78. The maximum Gasteiger partial charge on any atom is 0.253 e. The number of carbonyl (C=O) groups is 2. The van der Waals surface area contributed by atoms with Gasteiger partial charge in [-0.1, -0.05) is 0 Å². The molecule has 7 heteroatoms. The highest BCUT2D eigenvalue weighted by Crippen LogP contribution is 2.12. The SMILES string of the molecule is CCN(CC)C(=O)c1ccc(NC(=O)CC2COCCN2)cc1.Cl. The van der Waals surface area contributed by atoms with Crippen molar-refractivity contribution >= 4 is 29.9 Å². The highest BCUT2D eigenvalue weighted by molar-refractivity contribution is 5.95. The summed E-state index contributed by atoms with van der Waals surface area (Å²) in [4.78, 5) is 26.0. The third-order valence-corrected chi connectivity index (χ3v) is 3.90. The first-order valence-corrected chi connectivity index (χ1v) is 8.14. The molecule has 24 heavy (non-hydrogen) atoms. The summed E-state index contributed by atoms with van der Waals surface area (Å²) in [6.07, 6.45) is 0.375. The molecule has 1 atom stereocenters. The van der Waals surface area contributed by atoms with E-state index >= 15 is 0 Å². The molecule has 0 spiro atoms. The van der Waals surface area contributed by atoms with Gasteiger partial charge in [0.05, 0.1) is 13.2 Å². The maximum absolute atomic E-state index is 12.2. The van der Waals surface area contributed by atoms with Gasteiger partial charge >= 0.3 is 0 Å². The van der Waals surface area contributed by atoms with Crippen molar-refractivity contribution in [3.8, 4) is 0 Å². The molecule has 2 rings (SSSR count). The van der Waals surface area contributed by atoms with Crippen LogP contribution >= 0.6 is 12.4 Å². The number of amides is 2. The highest BCUT2D eigenvalue weighted by Gasteiger charge is 2.17. The molecule has 0 aliphatic carbocycles. The Labute approximate surface area is 149 Å². The molecule has 6 nitrogen and oxygen atoms in total. The number of rotatable bonds is 6. The summed E-state index contributed by atoms with van der Waals surface area (Å²) < 4.78 is 5.33. The molecule has 1 aliphatic heterocycles. The molecule has 2 amide bonds. The molecular weight excluding hydrogens is 330 g/mol. The van der Waals surface area contributed by atoms with Crippen molar-refractivity contribution in [2.24, 2.45) is 0 Å². The molecular formula is C17H26ClN3O3. The molecule has 1 heterocycles. The maximum atomic E-state index is 12.2. The van der Waals surface area contributed by atoms with Crippen LogP contribution in [0.3, 0.4) is 0 Å². The zero-order valence-electron chi connectivity index (χ0n) is 14.2. The van der Waals surface area contributed by atoms with Crippen molar-refractivity contribution in [1.29, 1.82) is 0 Å². The fraction of sp³-hybridized carbons (Fsp3) is 0.529. The van der Waals surface area contributed by atoms with E-state index in [1.807, 2.05) is 13.8 Å². The van der Waals surface area contributed by atoms with Gasteiger partial charge in [-0.15, -0.1) is 12.4 Å². The number of nitrogens with one attached hydrogen (secondary N) is 2. The zero-order chi connectivity index (χ0) is 16.7. The molecule has 2 N–H and O–H groups in total. The van der Waals surface area contributed by atoms with Crippen LogP contribution in [0.25, 0.3) is 0 Å². The fourth-order valence-corrected chi connectivity index (χ4v) is 2.58. The summed E-state index contributed by atoms with van der Waals surface area (Å²) in [5, 5.41) is 6.10. The average Bonchev–Trinajstić information content (AvgIpc) is 2.57. The van der Waals surface area contributed by atoms with E-state index in [9.17, 15) is 9.59 Å². The number of morpholine rings is 1. The first-order valence-electron chi connectivity index (χ1n) is 8.14. The summed E-state index contributed by atoms with van der Waals surface area (Å²) in [5.41, 5.74) is 1.33. The van der Waals surface area contributed by atoms with Crippen LogP contribution in [-0.2, 0) is 9.53 Å². The quantitative estimate of drug-likeness (QED) is 0.817. The number of halogens is 1. The second-order valence-electron chi connectivity index (χ2n) is 5.53. The Hall–Kier alpha value is -1.63. The summed E-state index contributed by atoms with van der Waals surface area (Å²) in [6.45, 7) is 7.32. The summed E-state index contributed by atoms with van der Waals surface area (Å²) in [7, 11) is 0. The van der Waals surface area contributed by atoms with Crippen molar-refractivity contribution in [2.75, 3.05) is 38.2 Å². The molecule has 0 radical (unpaired) electrons. The number of ether oxygens (including phenoxy) is 1. The Morgan fingerprint density at radius 2 is 1.92 bits per heavy atom. The molecule has 1 unspecified atom stereocenters. The van der Waals surface area contributed by atoms with Gasteiger partial charge in [-0.25, -0.2) is 0 Å². The van der Waals surface area contributed by atoms with E-state index in [1.54, 1.807) is 29.2 Å². The van der Waals surface area contributed by atoms with Crippen LogP contribution < -0.4 is 10.6 Å². The number of hydrogen-bond acceptors (Lipinski definition) is 4. The van der Waals surface area contributed by atoms with Gasteiger partial charge in [0.25, 0.3) is 5.91 Å². The first-order chi connectivity index (χ1) is 11.1. The van der Waals surface area contributed by atoms with Crippen LogP contribution in [0.1, 0.15) is 30.6 Å². The smallest absolute Gasteiger partial charge is 0.253 e. The Kier molecular flexibility index (Phi) is 8.74. The van der Waals surface area contributed by atoms with Gasteiger partial charge in [0.15, 0.2) is 0 Å². The summed E-state index contributed by atoms with van der Waals surface area (Å²) in [6, 6.07) is 7.09. The molecule has 1 fully saturated rings. The lowest BCUT2D eigenvalue weighted by atomic mass is 10.1. The fourth-order valence-electron chi connectivity index (χ4n) is 2.58. The van der Waals surface area contributed by atoms with Crippen LogP contribution in [0.15, 0.2) is 24.3 Å². The number of anilines is 1. The lowest BCUT2D eigenvalue weighted by Crippen LogP contribution is -2.43. The Balaban J connectivity index is 0.00000288. The largest absolute Gasteiger partial charge is 0.378 e. The van der Waals surface area contributed by atoms with Gasteiger partial charge in [-0.05, 0) is 38.1 Å². The molecule has 1 saturated heterocycles. The number of hydrogen-bond donors (Lipinski definition) is 2. The highest BCUT2D eigenvalue weighted by atomic mass is 35.5. The Morgan fingerprint density at radius 1 is 1.25 bits per heavy atom. The summed E-state index contributed by atoms with van der Waals surface area (Å²) >= 11 is 0. The Morgan fingerprint density at radius 3 is 2.46 bits per heavy atom. The van der Waals surface area contributed by atoms with Crippen molar-refractivity contribution in [3.05, 3.63) is 29.8 Å². The van der Waals surface area contributed by atoms with E-state index in [1.165, 1.54) is 0 Å². The van der Waals surface area contributed by atoms with E-state index < -0.39 is 0 Å². The monoisotopic (exact) mass is 355 g/mol. The Bertz CT molecular complexity index is 526. The van der Waals surface area contributed by atoms with Gasteiger partial charge in [-0.2, -0.15) is 0 Å². The lowest BCUT2D eigenvalue weighted by Gasteiger charge is -2.23. The molecule has 0 aromatic heterocycles. The van der Waals surface area contributed by atoms with E-state index in [0.717, 1.165) is 6.54 Å². The molecule has 0 saturated carbocycles. The standard InChI is InChI=1S/C17H25N3O3.ClH/c1-3-20(4-2)17(22)13-5-7-14(8-6-13)19-16(21)11-15-12-23-10-9-18-15;/h5-8,15,18H,3-4,9-12H2,1-2H3,(H,19,21);1H. The minimum Gasteiger partial charge on any atom is -0.378 e. The van der Waals surface area contributed by atoms with Crippen molar-refractivity contribution in [1.82, 2.24) is 10.2 Å². The van der Waals surface area contributed by atoms with Gasteiger partial charge in [0.1, 0.15) is 0 Å². The predicted octanol–water partition coefficient (Wildman–Crippen LogP) is 1.91. The molecule has 0 bridgehead atoms. The van der Waals surface area contributed by atoms with E-state index in [-0.39, 0.29) is 30.3 Å². The second kappa shape index (κ2) is 10.3. The van der Waals surface area contributed by atoms with E-state index in [2.05, 4.69) is 10.6 Å². The van der Waals surface area contributed by atoms with Crippen LogP contribution in [-0.4, -0.2) is 55.6 Å². The van der Waals surface area contributed by atoms with Crippen LogP contribution in [0.4, 0.5) is 5.69 Å². The van der Waals surface area contributed by atoms with Gasteiger partial charge < -0.3 is 20.3 Å². The average molecular weight is 356 g/mol. The molecule has 134 valence electrons. The topological polar surface area (TPSA) is 70.7 Å². The summed E-state index contributed by atoms with van der Waals surface area (Å²) in [5.74, 6) is -0.0488. The van der Waals surface area contributed by atoms with Crippen LogP contribution in [0.5, 0.6) is 0 Å². The minimum absolute atomic E-state index is 0. The van der Waals surface area contributed by atoms with Crippen LogP contribution in [0, 0.1) is 0 Å². The van der Waals surface area contributed by atoms with Crippen molar-refractivity contribution in [2.45, 2.75) is 26.3 Å². The first kappa shape index (κ1) is 20.4. The van der Waals surface area contributed by atoms with Crippen LogP contribution in [0.2, 0.25) is 0 Å². The molecule has 1 aromatic rings. The normalized spacial score (nSPS) is 16.8. The minimum atomic E-state index is -0.0594. The van der Waals surface area contributed by atoms with Gasteiger partial charge in [-0.3, -0.25) is 9.59 Å². The van der Waals surface area contributed by atoms with Crippen molar-refractivity contribution in [3.63, 3.8) is 0 Å². The van der Waals surface area contributed by atoms with Crippen molar-refractivity contribution < 1.29 is 14.3 Å². The number of nitrogens with zero attached hydrogens (tertiary/aromatic N) is 1.